The lowest BCUT2D eigenvalue weighted by Gasteiger charge is -2.20. The zero-order chi connectivity index (χ0) is 9.19. The number of aliphatic carboxylic acids is 1. The summed E-state index contributed by atoms with van der Waals surface area (Å²) in [6.07, 6.45) is 3.26. The normalized spacial score (nSPS) is 16.5. The van der Waals surface area contributed by atoms with Gasteiger partial charge in [0.15, 0.2) is 0 Å². The molecule has 12 heavy (non-hydrogen) atoms. The Labute approximate surface area is 73.0 Å². The fraction of sp³-hybridized carbons (Fsp3) is 0.700. The lowest BCUT2D eigenvalue weighted by Crippen LogP contribution is -2.12. The van der Waals surface area contributed by atoms with Gasteiger partial charge in [-0.1, -0.05) is 19.8 Å². The van der Waals surface area contributed by atoms with Gasteiger partial charge in [0, 0.05) is 12.3 Å². The molecule has 0 spiro atoms. The maximum absolute atomic E-state index is 10.1. The molecule has 1 saturated carbocycles. The highest BCUT2D eigenvalue weighted by atomic mass is 16.4. The number of hydrogen-bond donors (Lipinski definition) is 1. The van der Waals surface area contributed by atoms with E-state index in [0.717, 1.165) is 5.92 Å². The van der Waals surface area contributed by atoms with E-state index < -0.39 is 5.97 Å². The van der Waals surface area contributed by atoms with E-state index in [1.54, 1.807) is 0 Å². The number of carboxylic acid groups (broad SMARTS) is 1. The van der Waals surface area contributed by atoms with Crippen LogP contribution in [0.2, 0.25) is 0 Å². The third-order valence-corrected chi connectivity index (χ3v) is 2.42. The van der Waals surface area contributed by atoms with Crippen LogP contribution in [0.4, 0.5) is 0 Å². The number of rotatable bonds is 2. The van der Waals surface area contributed by atoms with Crippen molar-refractivity contribution in [3.05, 3.63) is 0 Å². The Hall–Kier alpha value is -0.970. The van der Waals surface area contributed by atoms with Crippen LogP contribution in [0.25, 0.3) is 0 Å². The summed E-state index contributed by atoms with van der Waals surface area (Å²) in [5.74, 6) is 4.59. The molecule has 0 bridgehead atoms. The minimum Gasteiger partial charge on any atom is -0.472 e. The Balaban J connectivity index is 2.40. The van der Waals surface area contributed by atoms with E-state index >= 15 is 0 Å². The van der Waals surface area contributed by atoms with Gasteiger partial charge in [-0.15, -0.1) is 0 Å². The maximum Gasteiger partial charge on any atom is 0.381 e. The van der Waals surface area contributed by atoms with Crippen LogP contribution in [0.3, 0.4) is 0 Å². The molecule has 2 heteroatoms. The third-order valence-electron chi connectivity index (χ3n) is 2.42. The van der Waals surface area contributed by atoms with Crippen molar-refractivity contribution in [1.29, 1.82) is 0 Å². The van der Waals surface area contributed by atoms with E-state index in [9.17, 15) is 4.79 Å². The predicted octanol–water partition coefficient (Wildman–Crippen LogP) is 1.90. The third kappa shape index (κ3) is 2.58. The van der Waals surface area contributed by atoms with E-state index in [-0.39, 0.29) is 5.41 Å². The molecule has 1 N–H and O–H groups in total. The average molecular weight is 166 g/mol. The Bertz CT molecular complexity index is 238. The van der Waals surface area contributed by atoms with Crippen molar-refractivity contribution in [2.45, 2.75) is 33.1 Å². The monoisotopic (exact) mass is 166 g/mol. The molecule has 0 unspecified atom stereocenters. The molecule has 0 aliphatic heterocycles. The lowest BCUT2D eigenvalue weighted by atomic mass is 9.84. The molecule has 0 atom stereocenters. The highest BCUT2D eigenvalue weighted by Gasteiger charge is 2.36. The fourth-order valence-electron chi connectivity index (χ4n) is 1.36. The van der Waals surface area contributed by atoms with E-state index in [0.29, 0.717) is 6.42 Å². The van der Waals surface area contributed by atoms with Crippen molar-refractivity contribution in [1.82, 2.24) is 0 Å². The molecule has 0 aromatic rings. The highest BCUT2D eigenvalue weighted by molar-refractivity contribution is 5.86. The van der Waals surface area contributed by atoms with Crippen molar-refractivity contribution in [3.63, 3.8) is 0 Å². The van der Waals surface area contributed by atoms with Crippen LogP contribution in [0.15, 0.2) is 0 Å². The van der Waals surface area contributed by atoms with Crippen LogP contribution in [-0.4, -0.2) is 11.1 Å². The number of carbonyl (C=O) groups is 1. The van der Waals surface area contributed by atoms with Gasteiger partial charge in [-0.25, -0.2) is 4.79 Å². The molecule has 66 valence electrons. The van der Waals surface area contributed by atoms with Crippen LogP contribution in [0.1, 0.15) is 33.1 Å². The smallest absolute Gasteiger partial charge is 0.381 e. The summed E-state index contributed by atoms with van der Waals surface area (Å²) in [7, 11) is 0. The first-order valence-corrected chi connectivity index (χ1v) is 4.24. The Kier molecular flexibility index (Phi) is 2.42. The Morgan fingerprint density at radius 3 is 2.58 bits per heavy atom. The minimum absolute atomic E-state index is 0.211. The minimum atomic E-state index is -1.03. The zero-order valence-electron chi connectivity index (χ0n) is 7.55. The molecule has 0 radical (unpaired) electrons. The standard InChI is InChI=1S/C10H14O2/c1-10(2,8-5-6-8)7-3-4-9(11)12/h8H,5-7H2,1-2H3,(H,11,12). The van der Waals surface area contributed by atoms with Crippen molar-refractivity contribution in [3.8, 4) is 11.8 Å². The van der Waals surface area contributed by atoms with Crippen LogP contribution in [0.5, 0.6) is 0 Å². The molecule has 2 nitrogen and oxygen atoms in total. The number of carboxylic acids is 1. The van der Waals surface area contributed by atoms with Crippen molar-refractivity contribution in [2.24, 2.45) is 11.3 Å². The van der Waals surface area contributed by atoms with E-state index in [2.05, 4.69) is 25.7 Å². The summed E-state index contributed by atoms with van der Waals surface area (Å²) in [4.78, 5) is 10.1. The zero-order valence-corrected chi connectivity index (χ0v) is 7.55. The molecule has 0 aromatic heterocycles. The van der Waals surface area contributed by atoms with Gasteiger partial charge in [-0.3, -0.25) is 0 Å². The molecule has 1 rings (SSSR count). The molecule has 1 fully saturated rings. The Morgan fingerprint density at radius 1 is 1.58 bits per heavy atom. The van der Waals surface area contributed by atoms with Crippen molar-refractivity contribution in [2.75, 3.05) is 0 Å². The van der Waals surface area contributed by atoms with E-state index in [1.165, 1.54) is 12.8 Å². The molecule has 1 aliphatic rings. The molecule has 0 aromatic carbocycles. The molecule has 0 saturated heterocycles. The van der Waals surface area contributed by atoms with Gasteiger partial charge in [0.25, 0.3) is 0 Å². The van der Waals surface area contributed by atoms with Crippen LogP contribution >= 0.6 is 0 Å². The first-order valence-electron chi connectivity index (χ1n) is 4.24. The molecular formula is C10H14O2. The van der Waals surface area contributed by atoms with E-state index in [4.69, 9.17) is 5.11 Å². The highest BCUT2D eigenvalue weighted by Crippen LogP contribution is 2.46. The quantitative estimate of drug-likeness (QED) is 0.636. The van der Waals surface area contributed by atoms with Gasteiger partial charge in [0.05, 0.1) is 0 Å². The summed E-state index contributed by atoms with van der Waals surface area (Å²) in [5.41, 5.74) is 0.211. The van der Waals surface area contributed by atoms with Crippen molar-refractivity contribution >= 4 is 5.97 Å². The largest absolute Gasteiger partial charge is 0.472 e. The fourth-order valence-corrected chi connectivity index (χ4v) is 1.36. The summed E-state index contributed by atoms with van der Waals surface area (Å²) in [5, 5.41) is 8.29. The summed E-state index contributed by atoms with van der Waals surface area (Å²) >= 11 is 0. The topological polar surface area (TPSA) is 37.3 Å². The lowest BCUT2D eigenvalue weighted by molar-refractivity contribution is -0.130. The van der Waals surface area contributed by atoms with Crippen LogP contribution < -0.4 is 0 Å². The maximum atomic E-state index is 10.1. The average Bonchev–Trinajstić information content (AvgIpc) is 2.65. The first kappa shape index (κ1) is 9.12. The van der Waals surface area contributed by atoms with Gasteiger partial charge in [-0.05, 0) is 24.2 Å². The Morgan fingerprint density at radius 2 is 2.17 bits per heavy atom. The SMILES string of the molecule is CC(C)(CC#CC(=O)O)C1CC1. The number of hydrogen-bond acceptors (Lipinski definition) is 1. The second-order valence-electron chi connectivity index (χ2n) is 4.05. The second kappa shape index (κ2) is 3.18. The van der Waals surface area contributed by atoms with Gasteiger partial charge in [-0.2, -0.15) is 0 Å². The van der Waals surface area contributed by atoms with Gasteiger partial charge < -0.3 is 5.11 Å². The molecular weight excluding hydrogens is 152 g/mol. The van der Waals surface area contributed by atoms with Crippen LogP contribution in [0, 0.1) is 23.2 Å². The van der Waals surface area contributed by atoms with E-state index in [1.807, 2.05) is 0 Å². The van der Waals surface area contributed by atoms with Crippen molar-refractivity contribution < 1.29 is 9.90 Å². The summed E-state index contributed by atoms with van der Waals surface area (Å²) in [6.45, 7) is 4.31. The predicted molar refractivity (Wildman–Crippen MR) is 46.5 cm³/mol. The van der Waals surface area contributed by atoms with Gasteiger partial charge in [0.1, 0.15) is 0 Å². The molecule has 0 heterocycles. The summed E-state index contributed by atoms with van der Waals surface area (Å²) < 4.78 is 0. The van der Waals surface area contributed by atoms with Gasteiger partial charge in [0.2, 0.25) is 0 Å². The molecule has 0 amide bonds. The summed E-state index contributed by atoms with van der Waals surface area (Å²) in [6, 6.07) is 0. The van der Waals surface area contributed by atoms with Crippen LogP contribution in [-0.2, 0) is 4.79 Å². The first-order chi connectivity index (χ1) is 5.52. The second-order valence-corrected chi connectivity index (χ2v) is 4.05. The van der Waals surface area contributed by atoms with Gasteiger partial charge >= 0.3 is 5.97 Å². The molecule has 1 aliphatic carbocycles.